The van der Waals surface area contributed by atoms with E-state index in [4.69, 9.17) is 28.6 Å². The average Bonchev–Trinajstić information content (AvgIpc) is 3.22. The lowest BCUT2D eigenvalue weighted by atomic mass is 10.1. The summed E-state index contributed by atoms with van der Waals surface area (Å²) in [6, 6.07) is 18.1. The molecular weight excluding hydrogens is 474 g/mol. The van der Waals surface area contributed by atoms with Crippen molar-refractivity contribution in [2.24, 2.45) is 0 Å². The smallest absolute Gasteiger partial charge is 0.340 e. The summed E-state index contributed by atoms with van der Waals surface area (Å²) in [5.41, 5.74) is 4.08. The van der Waals surface area contributed by atoms with Gasteiger partial charge in [0.1, 0.15) is 5.00 Å². The van der Waals surface area contributed by atoms with Crippen molar-refractivity contribution in [1.82, 2.24) is 4.90 Å². The first-order valence-corrected chi connectivity index (χ1v) is 12.4. The van der Waals surface area contributed by atoms with E-state index in [9.17, 15) is 4.79 Å². The zero-order valence-corrected chi connectivity index (χ0v) is 21.0. The molecule has 5 nitrogen and oxygen atoms in total. The van der Waals surface area contributed by atoms with Gasteiger partial charge in [-0.3, -0.25) is 0 Å². The van der Waals surface area contributed by atoms with Crippen LogP contribution in [0.5, 0.6) is 0 Å². The summed E-state index contributed by atoms with van der Waals surface area (Å²) in [5, 5.41) is 5.41. The van der Waals surface area contributed by atoms with E-state index >= 15 is 0 Å². The van der Waals surface area contributed by atoms with Crippen molar-refractivity contribution >= 4 is 56.9 Å². The number of carbonyl (C=O) groups is 1. The number of nitrogens with zero attached hydrogens (tertiary/aromatic N) is 2. The van der Waals surface area contributed by atoms with Crippen LogP contribution in [0.4, 0.5) is 10.7 Å². The number of anilines is 2. The summed E-state index contributed by atoms with van der Waals surface area (Å²) in [5.74, 6) is -0.364. The number of benzene rings is 2. The SMILES string of the molecule is COC(=O)c1cc(Cc2ccccc2)sc1NC(=S)N1CCN(c2cc(Cl)ccc2C)CC1. The Kier molecular flexibility index (Phi) is 7.53. The Labute approximate surface area is 208 Å². The Bertz CT molecular complexity index is 1140. The van der Waals surface area contributed by atoms with Gasteiger partial charge in [0.2, 0.25) is 0 Å². The zero-order chi connectivity index (χ0) is 23.4. The Balaban J connectivity index is 1.43. The Hall–Kier alpha value is -2.61. The van der Waals surface area contributed by atoms with Gasteiger partial charge in [-0.15, -0.1) is 11.3 Å². The van der Waals surface area contributed by atoms with Gasteiger partial charge in [0.15, 0.2) is 5.11 Å². The third kappa shape index (κ3) is 5.66. The van der Waals surface area contributed by atoms with Crippen molar-refractivity contribution in [3.63, 3.8) is 0 Å². The number of aryl methyl sites for hydroxylation is 1. The fraction of sp³-hybridized carbons (Fsp3) is 0.280. The first-order valence-electron chi connectivity index (χ1n) is 10.8. The number of nitrogens with one attached hydrogen (secondary N) is 1. The second kappa shape index (κ2) is 10.5. The highest BCUT2D eigenvalue weighted by Gasteiger charge is 2.23. The molecule has 0 radical (unpaired) electrons. The minimum absolute atomic E-state index is 0.364. The van der Waals surface area contributed by atoms with Crippen molar-refractivity contribution in [2.75, 3.05) is 43.5 Å². The predicted molar refractivity (Wildman–Crippen MR) is 141 cm³/mol. The van der Waals surface area contributed by atoms with E-state index in [2.05, 4.69) is 34.2 Å². The molecule has 0 bridgehead atoms. The molecule has 172 valence electrons. The molecule has 33 heavy (non-hydrogen) atoms. The third-order valence-electron chi connectivity index (χ3n) is 5.71. The van der Waals surface area contributed by atoms with E-state index in [1.165, 1.54) is 18.2 Å². The highest BCUT2D eigenvalue weighted by molar-refractivity contribution is 7.80. The van der Waals surface area contributed by atoms with Gasteiger partial charge in [0.25, 0.3) is 0 Å². The van der Waals surface area contributed by atoms with Crippen LogP contribution in [0.25, 0.3) is 0 Å². The summed E-state index contributed by atoms with van der Waals surface area (Å²) >= 11 is 13.5. The van der Waals surface area contributed by atoms with Crippen molar-refractivity contribution in [3.8, 4) is 0 Å². The first kappa shape index (κ1) is 23.5. The highest BCUT2D eigenvalue weighted by Crippen LogP contribution is 2.31. The van der Waals surface area contributed by atoms with E-state index in [1.54, 1.807) is 11.3 Å². The van der Waals surface area contributed by atoms with E-state index in [0.29, 0.717) is 10.7 Å². The maximum Gasteiger partial charge on any atom is 0.340 e. The van der Waals surface area contributed by atoms with Gasteiger partial charge in [-0.2, -0.15) is 0 Å². The van der Waals surface area contributed by atoms with Gasteiger partial charge in [0.05, 0.1) is 12.7 Å². The number of hydrogen-bond donors (Lipinski definition) is 1. The van der Waals surface area contributed by atoms with Crippen LogP contribution < -0.4 is 10.2 Å². The second-order valence-corrected chi connectivity index (χ2v) is 9.90. The molecule has 8 heteroatoms. The van der Waals surface area contributed by atoms with Crippen LogP contribution in [0.15, 0.2) is 54.6 Å². The Morgan fingerprint density at radius 2 is 1.85 bits per heavy atom. The standard InChI is InChI=1S/C25H26ClN3O2S2/c1-17-8-9-19(26)15-22(17)28-10-12-29(13-11-28)25(32)27-23-21(24(30)31-2)16-20(33-23)14-18-6-4-3-5-7-18/h3-9,15-16H,10-14H2,1-2H3,(H,27,32). The molecule has 0 aliphatic carbocycles. The molecular formula is C25H26ClN3O2S2. The largest absolute Gasteiger partial charge is 0.465 e. The molecule has 4 rings (SSSR count). The summed E-state index contributed by atoms with van der Waals surface area (Å²) in [4.78, 5) is 17.9. The first-order chi connectivity index (χ1) is 15.9. The van der Waals surface area contributed by atoms with E-state index in [0.717, 1.165) is 53.2 Å². The van der Waals surface area contributed by atoms with Gasteiger partial charge in [0, 0.05) is 48.2 Å². The topological polar surface area (TPSA) is 44.8 Å². The molecule has 3 aromatic rings. The number of ether oxygens (including phenoxy) is 1. The number of methoxy groups -OCH3 is 1. The lowest BCUT2D eigenvalue weighted by Gasteiger charge is -2.38. The van der Waals surface area contributed by atoms with E-state index in [-0.39, 0.29) is 5.97 Å². The number of thiocarbonyl (C=S) groups is 1. The van der Waals surface area contributed by atoms with Gasteiger partial charge >= 0.3 is 5.97 Å². The van der Waals surface area contributed by atoms with E-state index in [1.807, 2.05) is 42.5 Å². The van der Waals surface area contributed by atoms with Crippen molar-refractivity contribution in [3.05, 3.63) is 81.2 Å². The quantitative estimate of drug-likeness (QED) is 0.364. The normalized spacial score (nSPS) is 13.7. The van der Waals surface area contributed by atoms with Crippen molar-refractivity contribution < 1.29 is 9.53 Å². The fourth-order valence-corrected chi connectivity index (χ4v) is 5.52. The van der Waals surface area contributed by atoms with Gasteiger partial charge in [-0.1, -0.05) is 48.0 Å². The number of rotatable bonds is 5. The predicted octanol–water partition coefficient (Wildman–Crippen LogP) is 5.61. The van der Waals surface area contributed by atoms with Crippen LogP contribution in [0.1, 0.15) is 26.4 Å². The summed E-state index contributed by atoms with van der Waals surface area (Å²) in [6.45, 7) is 5.36. The molecule has 0 atom stereocenters. The van der Waals surface area contributed by atoms with Crippen LogP contribution in [-0.4, -0.2) is 49.3 Å². The summed E-state index contributed by atoms with van der Waals surface area (Å²) in [7, 11) is 1.40. The molecule has 1 fully saturated rings. The number of thiophene rings is 1. The molecule has 1 aliphatic rings. The average molecular weight is 500 g/mol. The van der Waals surface area contributed by atoms with Crippen LogP contribution in [0.2, 0.25) is 5.02 Å². The fourth-order valence-electron chi connectivity index (χ4n) is 3.93. The molecule has 0 spiro atoms. The minimum Gasteiger partial charge on any atom is -0.465 e. The summed E-state index contributed by atoms with van der Waals surface area (Å²) in [6.07, 6.45) is 0.752. The maximum atomic E-state index is 12.4. The Morgan fingerprint density at radius 3 is 2.55 bits per heavy atom. The molecule has 1 aliphatic heterocycles. The number of piperazine rings is 1. The number of hydrogen-bond acceptors (Lipinski definition) is 5. The van der Waals surface area contributed by atoms with Crippen LogP contribution in [0, 0.1) is 6.92 Å². The molecule has 1 aromatic heterocycles. The lowest BCUT2D eigenvalue weighted by Crippen LogP contribution is -2.50. The summed E-state index contributed by atoms with van der Waals surface area (Å²) < 4.78 is 5.00. The Morgan fingerprint density at radius 1 is 1.12 bits per heavy atom. The van der Waals surface area contributed by atoms with Gasteiger partial charge in [-0.25, -0.2) is 4.79 Å². The van der Waals surface area contributed by atoms with Crippen molar-refractivity contribution in [1.29, 1.82) is 0 Å². The highest BCUT2D eigenvalue weighted by atomic mass is 35.5. The van der Waals surface area contributed by atoms with Gasteiger partial charge < -0.3 is 19.9 Å². The maximum absolute atomic E-state index is 12.4. The third-order valence-corrected chi connectivity index (χ3v) is 7.35. The van der Waals surface area contributed by atoms with Crippen LogP contribution in [-0.2, 0) is 11.2 Å². The van der Waals surface area contributed by atoms with E-state index < -0.39 is 0 Å². The minimum atomic E-state index is -0.364. The molecule has 0 unspecified atom stereocenters. The number of esters is 1. The molecule has 2 aromatic carbocycles. The molecule has 0 amide bonds. The van der Waals surface area contributed by atoms with Crippen molar-refractivity contribution in [2.45, 2.75) is 13.3 Å². The molecule has 1 N–H and O–H groups in total. The van der Waals surface area contributed by atoms with Crippen LogP contribution in [0.3, 0.4) is 0 Å². The monoisotopic (exact) mass is 499 g/mol. The zero-order valence-electron chi connectivity index (χ0n) is 18.6. The lowest BCUT2D eigenvalue weighted by molar-refractivity contribution is 0.0602. The second-order valence-electron chi connectivity index (χ2n) is 7.94. The molecule has 1 saturated heterocycles. The van der Waals surface area contributed by atoms with Gasteiger partial charge in [-0.05, 0) is 48.5 Å². The number of halogens is 1. The molecule has 0 saturated carbocycles. The molecule has 2 heterocycles. The van der Waals surface area contributed by atoms with Crippen LogP contribution >= 0.6 is 35.2 Å². The number of carbonyl (C=O) groups excluding carboxylic acids is 1.